The van der Waals surface area contributed by atoms with E-state index < -0.39 is 11.7 Å². The van der Waals surface area contributed by atoms with Crippen LogP contribution in [-0.4, -0.2) is 42.6 Å². The summed E-state index contributed by atoms with van der Waals surface area (Å²) >= 11 is 1.29. The number of thiazole rings is 1. The van der Waals surface area contributed by atoms with Crippen LogP contribution in [0, 0.1) is 11.7 Å². The summed E-state index contributed by atoms with van der Waals surface area (Å²) in [5, 5.41) is 0.450. The lowest BCUT2D eigenvalue weighted by atomic mass is 10.1. The number of nitrogens with zero attached hydrogens (tertiary/aromatic N) is 3. The highest BCUT2D eigenvalue weighted by Crippen LogP contribution is 2.34. The van der Waals surface area contributed by atoms with Gasteiger partial charge in [0.1, 0.15) is 11.3 Å². The second kappa shape index (κ2) is 8.36. The Hall–Kier alpha value is -2.84. The van der Waals surface area contributed by atoms with Crippen molar-refractivity contribution in [3.8, 4) is 0 Å². The minimum atomic E-state index is -0.481. The summed E-state index contributed by atoms with van der Waals surface area (Å²) < 4.78 is 20.7. The quantitative estimate of drug-likeness (QED) is 0.603. The molecule has 0 spiro atoms. The minimum absolute atomic E-state index is 0.0723. The van der Waals surface area contributed by atoms with Crippen molar-refractivity contribution in [3.63, 3.8) is 0 Å². The number of halogens is 1. The first-order valence-electron chi connectivity index (χ1n) is 10.4. The Kier molecular flexibility index (Phi) is 5.41. The van der Waals surface area contributed by atoms with Gasteiger partial charge in [-0.05, 0) is 37.1 Å². The van der Waals surface area contributed by atoms with Crippen LogP contribution in [0.5, 0.6) is 0 Å². The maximum atomic E-state index is 14.2. The van der Waals surface area contributed by atoms with Crippen molar-refractivity contribution >= 4 is 44.2 Å². The van der Waals surface area contributed by atoms with Gasteiger partial charge in [-0.3, -0.25) is 14.5 Å². The van der Waals surface area contributed by atoms with Gasteiger partial charge < -0.3 is 9.64 Å². The zero-order valence-corrected chi connectivity index (χ0v) is 17.7. The van der Waals surface area contributed by atoms with Gasteiger partial charge in [-0.2, -0.15) is 0 Å². The third-order valence-corrected chi connectivity index (χ3v) is 6.85. The largest absolute Gasteiger partial charge is 0.376 e. The highest BCUT2D eigenvalue weighted by atomic mass is 32.1. The Morgan fingerprint density at radius 1 is 1.23 bits per heavy atom. The van der Waals surface area contributed by atoms with Crippen molar-refractivity contribution in [1.29, 1.82) is 0 Å². The zero-order valence-electron chi connectivity index (χ0n) is 16.9. The van der Waals surface area contributed by atoms with Gasteiger partial charge in [-0.1, -0.05) is 35.6 Å². The molecule has 3 heterocycles. The average molecular weight is 440 g/mol. The first kappa shape index (κ1) is 20.1. The third kappa shape index (κ3) is 3.93. The summed E-state index contributed by atoms with van der Waals surface area (Å²) in [4.78, 5) is 33.9. The number of carbonyl (C=O) groups excluding carboxylic acids is 2. The predicted octanol–water partition coefficient (Wildman–Crippen LogP) is 4.00. The Morgan fingerprint density at radius 2 is 2.06 bits per heavy atom. The molecular formula is C23H22FN3O3S. The van der Waals surface area contributed by atoms with Gasteiger partial charge in [0.2, 0.25) is 11.8 Å². The van der Waals surface area contributed by atoms with E-state index in [0.29, 0.717) is 29.5 Å². The Balaban J connectivity index is 1.44. The summed E-state index contributed by atoms with van der Waals surface area (Å²) in [6.07, 6.45) is 1.88. The molecule has 2 atom stereocenters. The number of aromatic nitrogens is 1. The molecule has 2 fully saturated rings. The molecule has 2 saturated heterocycles. The topological polar surface area (TPSA) is 62.7 Å². The van der Waals surface area contributed by atoms with Crippen LogP contribution in [0.15, 0.2) is 48.5 Å². The van der Waals surface area contributed by atoms with Crippen molar-refractivity contribution in [2.75, 3.05) is 29.5 Å². The van der Waals surface area contributed by atoms with E-state index in [1.165, 1.54) is 17.4 Å². The smallest absolute Gasteiger partial charge is 0.234 e. The Morgan fingerprint density at radius 3 is 2.81 bits per heavy atom. The number of ether oxygens (including phenoxy) is 1. The first-order chi connectivity index (χ1) is 15.1. The van der Waals surface area contributed by atoms with Crippen LogP contribution in [0.2, 0.25) is 0 Å². The zero-order chi connectivity index (χ0) is 21.4. The number of anilines is 2. The molecule has 2 aromatic carbocycles. The van der Waals surface area contributed by atoms with Gasteiger partial charge in [0.25, 0.3) is 0 Å². The maximum absolute atomic E-state index is 14.2. The Bertz CT molecular complexity index is 1110. The molecule has 8 heteroatoms. The fourth-order valence-corrected chi connectivity index (χ4v) is 5.22. The van der Waals surface area contributed by atoms with Crippen LogP contribution in [0.3, 0.4) is 0 Å². The van der Waals surface area contributed by atoms with E-state index in [1.807, 2.05) is 30.3 Å². The predicted molar refractivity (Wildman–Crippen MR) is 118 cm³/mol. The summed E-state index contributed by atoms with van der Waals surface area (Å²) in [6, 6.07) is 14.2. The molecule has 1 aromatic heterocycles. The summed E-state index contributed by atoms with van der Waals surface area (Å²) in [6.45, 7) is 1.35. The molecule has 160 valence electrons. The highest BCUT2D eigenvalue weighted by Gasteiger charge is 2.39. The van der Waals surface area contributed by atoms with E-state index >= 15 is 0 Å². The van der Waals surface area contributed by atoms with Gasteiger partial charge in [0.05, 0.1) is 23.3 Å². The number of rotatable bonds is 5. The molecule has 0 radical (unpaired) electrons. The van der Waals surface area contributed by atoms with Crippen LogP contribution in [0.1, 0.15) is 19.3 Å². The average Bonchev–Trinajstić information content (AvgIpc) is 3.52. The normalized spacial score (nSPS) is 21.2. The molecule has 0 aliphatic carbocycles. The lowest BCUT2D eigenvalue weighted by Crippen LogP contribution is -2.42. The standard InChI is InChI=1S/C23H22FN3O3S/c24-18-9-4-10-19-21(18)25-23(31-19)27(14-17-8-5-11-30-17)22(29)15-12-20(28)26(13-15)16-6-2-1-3-7-16/h1-4,6-7,9-10,15,17H,5,8,11-14H2/t15-,17+/m1/s1. The van der Waals surface area contributed by atoms with Gasteiger partial charge in [0.15, 0.2) is 5.13 Å². The van der Waals surface area contributed by atoms with Gasteiger partial charge in [0, 0.05) is 25.3 Å². The second-order valence-electron chi connectivity index (χ2n) is 7.91. The molecule has 0 saturated carbocycles. The summed E-state index contributed by atoms with van der Waals surface area (Å²) in [5.74, 6) is -1.12. The number of carbonyl (C=O) groups is 2. The lowest BCUT2D eigenvalue weighted by Gasteiger charge is -2.25. The molecule has 31 heavy (non-hydrogen) atoms. The number of amides is 2. The number of benzene rings is 2. The maximum Gasteiger partial charge on any atom is 0.234 e. The third-order valence-electron chi connectivity index (χ3n) is 5.81. The van der Waals surface area contributed by atoms with Crippen LogP contribution in [0.25, 0.3) is 10.2 Å². The second-order valence-corrected chi connectivity index (χ2v) is 8.92. The molecule has 2 amide bonds. The van der Waals surface area contributed by atoms with Crippen molar-refractivity contribution < 1.29 is 18.7 Å². The molecule has 2 aliphatic rings. The molecule has 0 N–H and O–H groups in total. The SMILES string of the molecule is O=C1C[C@@H](C(=O)N(C[C@@H]2CCCO2)c2nc3c(F)cccc3s2)CN1c1ccccc1. The van der Waals surface area contributed by atoms with Gasteiger partial charge >= 0.3 is 0 Å². The molecular weight excluding hydrogens is 417 g/mol. The molecule has 5 rings (SSSR count). The fraction of sp³-hybridized carbons (Fsp3) is 0.348. The number of hydrogen-bond acceptors (Lipinski definition) is 5. The number of para-hydroxylation sites is 2. The number of fused-ring (bicyclic) bond motifs is 1. The number of hydrogen-bond donors (Lipinski definition) is 0. The van der Waals surface area contributed by atoms with Crippen LogP contribution in [0.4, 0.5) is 15.2 Å². The molecule has 0 unspecified atom stereocenters. The van der Waals surface area contributed by atoms with Gasteiger partial charge in [-0.25, -0.2) is 9.37 Å². The van der Waals surface area contributed by atoms with Crippen molar-refractivity contribution in [2.45, 2.75) is 25.4 Å². The van der Waals surface area contributed by atoms with Crippen LogP contribution in [-0.2, 0) is 14.3 Å². The summed E-state index contributed by atoms with van der Waals surface area (Å²) in [5.41, 5.74) is 1.05. The van der Waals surface area contributed by atoms with E-state index in [-0.39, 0.29) is 29.9 Å². The van der Waals surface area contributed by atoms with E-state index in [1.54, 1.807) is 21.9 Å². The summed E-state index contributed by atoms with van der Waals surface area (Å²) in [7, 11) is 0. The van der Waals surface area contributed by atoms with Crippen molar-refractivity contribution in [2.24, 2.45) is 5.92 Å². The molecule has 6 nitrogen and oxygen atoms in total. The van der Waals surface area contributed by atoms with Gasteiger partial charge in [-0.15, -0.1) is 0 Å². The van der Waals surface area contributed by atoms with Crippen LogP contribution >= 0.6 is 11.3 Å². The molecule has 3 aromatic rings. The lowest BCUT2D eigenvalue weighted by molar-refractivity contribution is -0.124. The highest BCUT2D eigenvalue weighted by molar-refractivity contribution is 7.22. The molecule has 2 aliphatic heterocycles. The van der Waals surface area contributed by atoms with Crippen molar-refractivity contribution in [1.82, 2.24) is 4.98 Å². The van der Waals surface area contributed by atoms with Crippen LogP contribution < -0.4 is 9.80 Å². The fourth-order valence-electron chi connectivity index (χ4n) is 4.22. The van der Waals surface area contributed by atoms with E-state index in [2.05, 4.69) is 4.98 Å². The monoisotopic (exact) mass is 439 g/mol. The molecule has 0 bridgehead atoms. The van der Waals surface area contributed by atoms with Crippen molar-refractivity contribution in [3.05, 3.63) is 54.3 Å². The minimum Gasteiger partial charge on any atom is -0.376 e. The van der Waals surface area contributed by atoms with E-state index in [9.17, 15) is 14.0 Å². The van der Waals surface area contributed by atoms with E-state index in [0.717, 1.165) is 18.5 Å². The Labute approximate surface area is 183 Å². The van der Waals surface area contributed by atoms with E-state index in [4.69, 9.17) is 4.74 Å². The first-order valence-corrected chi connectivity index (χ1v) is 11.3.